The summed E-state index contributed by atoms with van der Waals surface area (Å²) in [4.78, 5) is 33.0. The van der Waals surface area contributed by atoms with E-state index in [-0.39, 0.29) is 5.57 Å². The fourth-order valence-corrected chi connectivity index (χ4v) is 6.99. The van der Waals surface area contributed by atoms with E-state index in [2.05, 4.69) is 15.2 Å². The molecule has 11 heteroatoms. The molecule has 0 radical (unpaired) electrons. The second kappa shape index (κ2) is 10.1. The molecule has 1 amide bonds. The number of nitrogens with zero attached hydrogens (tertiary/aromatic N) is 4. The van der Waals surface area contributed by atoms with Crippen LogP contribution in [0.5, 0.6) is 0 Å². The fraction of sp³-hybridized carbons (Fsp3) is 0.160. The molecule has 1 atom stereocenters. The number of rotatable bonds is 7. The summed E-state index contributed by atoms with van der Waals surface area (Å²) in [7, 11) is 0. The molecule has 4 aromatic rings. The van der Waals surface area contributed by atoms with E-state index in [0.29, 0.717) is 36.4 Å². The van der Waals surface area contributed by atoms with Gasteiger partial charge in [-0.05, 0) is 31.0 Å². The normalized spacial score (nSPS) is 15.7. The number of thioether (sulfide) groups is 1. The number of hydrogen-bond acceptors (Lipinski definition) is 9. The molecule has 1 aliphatic heterocycles. The van der Waals surface area contributed by atoms with Gasteiger partial charge in [0.25, 0.3) is 5.91 Å². The van der Waals surface area contributed by atoms with Crippen LogP contribution in [0.25, 0.3) is 0 Å². The highest BCUT2D eigenvalue weighted by Gasteiger charge is 2.46. The number of thiazole rings is 1. The Morgan fingerprint density at radius 3 is 2.50 bits per heavy atom. The Hall–Kier alpha value is -3.05. The summed E-state index contributed by atoms with van der Waals surface area (Å²) in [5.74, 6) is -1.11. The van der Waals surface area contributed by atoms with Crippen LogP contribution in [0.2, 0.25) is 5.02 Å². The molecule has 0 saturated heterocycles. The second-order valence-electron chi connectivity index (χ2n) is 7.96. The van der Waals surface area contributed by atoms with Crippen molar-refractivity contribution in [3.63, 3.8) is 0 Å². The van der Waals surface area contributed by atoms with E-state index in [1.54, 1.807) is 6.92 Å². The number of aromatic nitrogens is 3. The van der Waals surface area contributed by atoms with Gasteiger partial charge in [0.1, 0.15) is 0 Å². The molecule has 0 bridgehead atoms. The smallest absolute Gasteiger partial charge is 0.296 e. The van der Waals surface area contributed by atoms with E-state index in [0.717, 1.165) is 10.6 Å². The molecule has 182 valence electrons. The first kappa shape index (κ1) is 24.6. The van der Waals surface area contributed by atoms with Gasteiger partial charge in [-0.2, -0.15) is 0 Å². The maximum Gasteiger partial charge on any atom is 0.296 e. The molecule has 36 heavy (non-hydrogen) atoms. The minimum absolute atomic E-state index is 0.0124. The van der Waals surface area contributed by atoms with Gasteiger partial charge in [0.15, 0.2) is 10.1 Å². The second-order valence-corrected chi connectivity index (χ2v) is 11.7. The molecule has 2 aromatic heterocycles. The zero-order valence-corrected chi connectivity index (χ0v) is 22.3. The van der Waals surface area contributed by atoms with Crippen LogP contribution >= 0.6 is 46.0 Å². The quantitative estimate of drug-likeness (QED) is 0.162. The van der Waals surface area contributed by atoms with Crippen LogP contribution in [0, 0.1) is 13.8 Å². The van der Waals surface area contributed by atoms with Crippen LogP contribution in [0.1, 0.15) is 37.5 Å². The topological polar surface area (TPSA) is 96.3 Å². The Kier molecular flexibility index (Phi) is 6.94. The van der Waals surface area contributed by atoms with E-state index in [1.165, 1.54) is 39.3 Å². The van der Waals surface area contributed by atoms with E-state index in [4.69, 9.17) is 11.6 Å². The highest BCUT2D eigenvalue weighted by Crippen LogP contribution is 2.44. The maximum absolute atomic E-state index is 13.6. The number of benzene rings is 2. The Morgan fingerprint density at radius 2 is 1.81 bits per heavy atom. The fourth-order valence-electron chi connectivity index (χ4n) is 3.96. The number of aryl methyl sites for hydroxylation is 2. The zero-order chi connectivity index (χ0) is 25.4. The zero-order valence-electron chi connectivity index (χ0n) is 19.1. The number of hydrogen-bond donors (Lipinski definition) is 1. The summed E-state index contributed by atoms with van der Waals surface area (Å²) in [6, 6.07) is 15.8. The summed E-state index contributed by atoms with van der Waals surface area (Å²) in [5, 5.41) is 21.1. The number of carbonyl (C=O) groups excluding carboxylic acids is 2. The van der Waals surface area contributed by atoms with Crippen molar-refractivity contribution in [3.05, 3.63) is 97.7 Å². The third kappa shape index (κ3) is 4.57. The van der Waals surface area contributed by atoms with Gasteiger partial charge < -0.3 is 5.11 Å². The van der Waals surface area contributed by atoms with Gasteiger partial charge in [0, 0.05) is 10.8 Å². The first-order valence-electron chi connectivity index (χ1n) is 10.8. The number of Topliss-reactive ketones (excluding diaryl/α,β-unsaturated/α-hetero) is 1. The van der Waals surface area contributed by atoms with Crippen molar-refractivity contribution in [2.75, 3.05) is 4.90 Å². The lowest BCUT2D eigenvalue weighted by Gasteiger charge is -2.23. The van der Waals surface area contributed by atoms with Gasteiger partial charge >= 0.3 is 0 Å². The Morgan fingerprint density at radius 1 is 1.08 bits per heavy atom. The molecule has 2 aromatic carbocycles. The largest absolute Gasteiger partial charge is 0.503 e. The van der Waals surface area contributed by atoms with Crippen LogP contribution in [0.15, 0.2) is 70.3 Å². The molecular formula is C25H19ClN4O3S3. The Bertz CT molecular complexity index is 1500. The van der Waals surface area contributed by atoms with Crippen LogP contribution in [0.4, 0.5) is 5.13 Å². The highest BCUT2D eigenvalue weighted by atomic mass is 35.5. The number of halogens is 1. The van der Waals surface area contributed by atoms with E-state index < -0.39 is 23.5 Å². The van der Waals surface area contributed by atoms with Crippen molar-refractivity contribution in [1.82, 2.24) is 15.2 Å². The average Bonchev–Trinajstić information content (AvgIpc) is 3.55. The van der Waals surface area contributed by atoms with Crippen molar-refractivity contribution in [2.24, 2.45) is 0 Å². The molecule has 1 aliphatic rings. The standard InChI is InChI=1S/C25H19ClN4O3S3/c1-13-22(35-14(2)27-13)20(31)18-19(15-8-4-3-5-9-15)30(23(33)21(18)32)24-28-29-25(36-24)34-12-16-10-6-7-11-17(16)26/h3-11,19,32H,12H2,1-2H3. The Labute approximate surface area is 224 Å². The van der Waals surface area contributed by atoms with Crippen molar-refractivity contribution in [2.45, 2.75) is 30.0 Å². The predicted molar refractivity (Wildman–Crippen MR) is 143 cm³/mol. The highest BCUT2D eigenvalue weighted by molar-refractivity contribution is 8.00. The van der Waals surface area contributed by atoms with Crippen molar-refractivity contribution >= 4 is 62.9 Å². The van der Waals surface area contributed by atoms with Crippen molar-refractivity contribution in [1.29, 1.82) is 0 Å². The number of ketones is 1. The minimum atomic E-state index is -0.845. The third-order valence-electron chi connectivity index (χ3n) is 5.59. The van der Waals surface area contributed by atoms with Crippen LogP contribution < -0.4 is 4.90 Å². The molecular weight excluding hydrogens is 536 g/mol. The SMILES string of the molecule is Cc1nc(C)c(C(=O)C2=C(O)C(=O)N(c3nnc(SCc4ccccc4Cl)s3)C2c2ccccc2)s1. The molecule has 1 N–H and O–H groups in total. The summed E-state index contributed by atoms with van der Waals surface area (Å²) in [5.41, 5.74) is 2.22. The monoisotopic (exact) mass is 554 g/mol. The lowest BCUT2D eigenvalue weighted by Crippen LogP contribution is -2.31. The molecule has 5 rings (SSSR count). The molecule has 0 fully saturated rings. The van der Waals surface area contributed by atoms with Crippen LogP contribution in [0.3, 0.4) is 0 Å². The van der Waals surface area contributed by atoms with Gasteiger partial charge in [0.2, 0.25) is 10.9 Å². The summed E-state index contributed by atoms with van der Waals surface area (Å²) < 4.78 is 0.637. The molecule has 0 spiro atoms. The van der Waals surface area contributed by atoms with Crippen molar-refractivity contribution in [3.8, 4) is 0 Å². The maximum atomic E-state index is 13.6. The average molecular weight is 555 g/mol. The van der Waals surface area contributed by atoms with Crippen LogP contribution in [-0.4, -0.2) is 32.0 Å². The van der Waals surface area contributed by atoms with Gasteiger partial charge in [-0.1, -0.05) is 83.2 Å². The van der Waals surface area contributed by atoms with E-state index >= 15 is 0 Å². The molecule has 0 aliphatic carbocycles. The van der Waals surface area contributed by atoms with Gasteiger partial charge in [0.05, 0.1) is 27.2 Å². The van der Waals surface area contributed by atoms with Gasteiger partial charge in [-0.25, -0.2) is 4.98 Å². The summed E-state index contributed by atoms with van der Waals surface area (Å²) in [6.07, 6.45) is 0. The third-order valence-corrected chi connectivity index (χ3v) is 9.13. The predicted octanol–water partition coefficient (Wildman–Crippen LogP) is 6.34. The number of aliphatic hydroxyl groups excluding tert-OH is 1. The lowest BCUT2D eigenvalue weighted by atomic mass is 9.95. The summed E-state index contributed by atoms with van der Waals surface area (Å²) in [6.45, 7) is 3.56. The molecule has 7 nitrogen and oxygen atoms in total. The number of anilines is 1. The molecule has 1 unspecified atom stereocenters. The van der Waals surface area contributed by atoms with Crippen LogP contribution in [-0.2, 0) is 10.5 Å². The first-order chi connectivity index (χ1) is 17.3. The van der Waals surface area contributed by atoms with Gasteiger partial charge in [-0.3, -0.25) is 14.5 Å². The van der Waals surface area contributed by atoms with Crippen molar-refractivity contribution < 1.29 is 14.7 Å². The Balaban J connectivity index is 1.50. The minimum Gasteiger partial charge on any atom is -0.503 e. The van der Waals surface area contributed by atoms with E-state index in [9.17, 15) is 14.7 Å². The number of amides is 1. The molecule has 3 heterocycles. The van der Waals surface area contributed by atoms with Gasteiger partial charge in [-0.15, -0.1) is 21.5 Å². The summed E-state index contributed by atoms with van der Waals surface area (Å²) >= 11 is 10.2. The lowest BCUT2D eigenvalue weighted by molar-refractivity contribution is -0.117. The number of aliphatic hydroxyl groups is 1. The van der Waals surface area contributed by atoms with E-state index in [1.807, 2.05) is 61.5 Å². The number of carbonyl (C=O) groups is 2. The molecule has 0 saturated carbocycles. The first-order valence-corrected chi connectivity index (χ1v) is 13.8.